The Morgan fingerprint density at radius 3 is 2.56 bits per heavy atom. The monoisotopic (exact) mass is 404 g/mol. The lowest BCUT2D eigenvalue weighted by Gasteiger charge is -2.48. The van der Waals surface area contributed by atoms with Crippen LogP contribution in [0.2, 0.25) is 0 Å². The summed E-state index contributed by atoms with van der Waals surface area (Å²) in [6.07, 6.45) is -3.76. The van der Waals surface area contributed by atoms with Gasteiger partial charge in [-0.1, -0.05) is 30.3 Å². The Bertz CT molecular complexity index is 563. The van der Waals surface area contributed by atoms with E-state index in [1.165, 1.54) is 21.3 Å². The number of hydrogen-bond donors (Lipinski definition) is 1. The maximum Gasteiger partial charge on any atom is 0.330 e. The molecule has 0 amide bonds. The molecule has 2 heterocycles. The molecule has 7 atom stereocenters. The number of ether oxygens (including phenoxy) is 6. The molecule has 27 heavy (non-hydrogen) atoms. The fourth-order valence-electron chi connectivity index (χ4n) is 3.11. The van der Waals surface area contributed by atoms with Crippen LogP contribution in [0.5, 0.6) is 0 Å². The Morgan fingerprint density at radius 1 is 1.11 bits per heavy atom. The van der Waals surface area contributed by atoms with Crippen molar-refractivity contribution in [2.24, 2.45) is 0 Å². The highest BCUT2D eigenvalue weighted by molar-refractivity contribution is 7.40. The molecule has 1 N–H and O–H groups in total. The zero-order valence-electron chi connectivity index (χ0n) is 15.4. The Morgan fingerprint density at radius 2 is 1.89 bits per heavy atom. The van der Waals surface area contributed by atoms with Gasteiger partial charge in [-0.2, -0.15) is 0 Å². The first-order valence-electron chi connectivity index (χ1n) is 8.48. The molecular weight excluding hydrogens is 379 g/mol. The first-order valence-corrected chi connectivity index (χ1v) is 9.61. The summed E-state index contributed by atoms with van der Waals surface area (Å²) < 4.78 is 44.6. The summed E-state index contributed by atoms with van der Waals surface area (Å²) in [5.41, 5.74) is 0.871. The summed E-state index contributed by atoms with van der Waals surface area (Å²) >= 11 is 0. The summed E-state index contributed by atoms with van der Waals surface area (Å²) in [6.45, 7) is 0.275. The first-order chi connectivity index (χ1) is 13.2. The van der Waals surface area contributed by atoms with E-state index in [9.17, 15) is 4.89 Å². The molecule has 1 aromatic carbocycles. The molecule has 2 aliphatic heterocycles. The maximum absolute atomic E-state index is 9.95. The highest BCUT2D eigenvalue weighted by Gasteiger charge is 2.52. The molecule has 0 saturated carbocycles. The lowest BCUT2D eigenvalue weighted by atomic mass is 9.97. The van der Waals surface area contributed by atoms with Crippen molar-refractivity contribution < 1.29 is 42.4 Å². The van der Waals surface area contributed by atoms with E-state index >= 15 is 0 Å². The Hall–Kier alpha value is -0.710. The molecule has 9 nitrogen and oxygen atoms in total. The zero-order chi connectivity index (χ0) is 19.2. The van der Waals surface area contributed by atoms with Crippen molar-refractivity contribution >= 4 is 8.60 Å². The highest BCUT2D eigenvalue weighted by atomic mass is 31.2. The third-order valence-electron chi connectivity index (χ3n) is 4.33. The van der Waals surface area contributed by atoms with Gasteiger partial charge in [0.2, 0.25) is 0 Å². The van der Waals surface area contributed by atoms with E-state index in [-0.39, 0.29) is 13.4 Å². The van der Waals surface area contributed by atoms with Gasteiger partial charge in [0.25, 0.3) is 0 Å². The van der Waals surface area contributed by atoms with Crippen molar-refractivity contribution in [1.29, 1.82) is 0 Å². The molecule has 0 aromatic heterocycles. The van der Waals surface area contributed by atoms with Crippen LogP contribution < -0.4 is 0 Å². The predicted molar refractivity (Wildman–Crippen MR) is 93.4 cm³/mol. The average Bonchev–Trinajstić information content (AvgIpc) is 2.72. The Kier molecular flexibility index (Phi) is 7.92. The number of benzene rings is 1. The second-order valence-electron chi connectivity index (χ2n) is 5.98. The number of fused-ring (bicyclic) bond motifs is 1. The fraction of sp³-hybridized carbons (Fsp3) is 0.647. The molecule has 2 unspecified atom stereocenters. The fourth-order valence-corrected chi connectivity index (χ4v) is 3.64. The predicted octanol–water partition coefficient (Wildman–Crippen LogP) is 1.71. The van der Waals surface area contributed by atoms with Gasteiger partial charge in [-0.3, -0.25) is 0 Å². The minimum Gasteiger partial charge on any atom is -0.359 e. The SMILES string of the molecule is COCO[C@H]1[C@H](OC)O[C@@H]2COC(c3ccccc3)O[C@@H]2[C@@H]1OP(O)OC. The number of methoxy groups -OCH3 is 2. The third-order valence-corrected chi connectivity index (χ3v) is 5.07. The van der Waals surface area contributed by atoms with Gasteiger partial charge < -0.3 is 42.4 Å². The van der Waals surface area contributed by atoms with E-state index in [2.05, 4.69) is 0 Å². The van der Waals surface area contributed by atoms with Crippen LogP contribution in [0.1, 0.15) is 11.9 Å². The van der Waals surface area contributed by atoms with Crippen LogP contribution in [0.25, 0.3) is 0 Å². The molecule has 0 aliphatic carbocycles. The van der Waals surface area contributed by atoms with Gasteiger partial charge >= 0.3 is 8.60 Å². The Labute approximate surface area is 159 Å². The quantitative estimate of drug-likeness (QED) is 0.513. The maximum atomic E-state index is 9.95. The average molecular weight is 404 g/mol. The van der Waals surface area contributed by atoms with E-state index in [0.29, 0.717) is 0 Å². The van der Waals surface area contributed by atoms with Gasteiger partial charge in [-0.15, -0.1) is 0 Å². The normalized spacial score (nSPS) is 34.8. The minimum absolute atomic E-state index is 0.0000831. The minimum atomic E-state index is -2.12. The van der Waals surface area contributed by atoms with Crippen LogP contribution in [0.4, 0.5) is 0 Å². The first kappa shape index (κ1) is 21.0. The molecule has 3 rings (SSSR count). The van der Waals surface area contributed by atoms with Crippen molar-refractivity contribution in [3.63, 3.8) is 0 Å². The van der Waals surface area contributed by atoms with Crippen LogP contribution in [-0.2, 0) is 37.5 Å². The molecule has 10 heteroatoms. The van der Waals surface area contributed by atoms with Gasteiger partial charge in [0, 0.05) is 26.9 Å². The molecule has 2 aliphatic rings. The van der Waals surface area contributed by atoms with Gasteiger partial charge in [0.05, 0.1) is 6.61 Å². The molecule has 1 aromatic rings. The lowest BCUT2D eigenvalue weighted by molar-refractivity contribution is -0.364. The second kappa shape index (κ2) is 10.2. The van der Waals surface area contributed by atoms with E-state index in [4.69, 9.17) is 37.5 Å². The van der Waals surface area contributed by atoms with E-state index in [0.717, 1.165) is 5.56 Å². The molecule has 0 radical (unpaired) electrons. The van der Waals surface area contributed by atoms with Crippen LogP contribution in [0, 0.1) is 0 Å². The highest BCUT2D eigenvalue weighted by Crippen LogP contribution is 2.42. The third kappa shape index (κ3) is 5.02. The Balaban J connectivity index is 1.82. The lowest BCUT2D eigenvalue weighted by Crippen LogP contribution is -2.63. The summed E-state index contributed by atoms with van der Waals surface area (Å²) in [5, 5.41) is 0. The second-order valence-corrected chi connectivity index (χ2v) is 7.04. The van der Waals surface area contributed by atoms with Crippen LogP contribution in [0.3, 0.4) is 0 Å². The largest absolute Gasteiger partial charge is 0.359 e. The summed E-state index contributed by atoms with van der Waals surface area (Å²) in [5.74, 6) is 0. The van der Waals surface area contributed by atoms with Crippen LogP contribution in [0.15, 0.2) is 30.3 Å². The van der Waals surface area contributed by atoms with Crippen molar-refractivity contribution in [3.8, 4) is 0 Å². The van der Waals surface area contributed by atoms with Gasteiger partial charge in [-0.25, -0.2) is 0 Å². The zero-order valence-corrected chi connectivity index (χ0v) is 16.3. The summed E-state index contributed by atoms with van der Waals surface area (Å²) in [6, 6.07) is 9.55. The van der Waals surface area contributed by atoms with Gasteiger partial charge in [0.15, 0.2) is 12.6 Å². The summed E-state index contributed by atoms with van der Waals surface area (Å²) in [4.78, 5) is 9.95. The van der Waals surface area contributed by atoms with Crippen molar-refractivity contribution in [1.82, 2.24) is 0 Å². The number of hydrogen-bond acceptors (Lipinski definition) is 9. The van der Waals surface area contributed by atoms with Crippen LogP contribution in [-0.4, -0.2) is 70.3 Å². The van der Waals surface area contributed by atoms with Gasteiger partial charge in [-0.05, 0) is 0 Å². The molecular formula is C17H25O9P. The van der Waals surface area contributed by atoms with Crippen molar-refractivity contribution in [2.45, 2.75) is 37.0 Å². The smallest absolute Gasteiger partial charge is 0.330 e. The molecule has 0 bridgehead atoms. The van der Waals surface area contributed by atoms with E-state index < -0.39 is 45.6 Å². The topological polar surface area (TPSA) is 94.1 Å². The van der Waals surface area contributed by atoms with Crippen LogP contribution >= 0.6 is 8.60 Å². The molecule has 2 fully saturated rings. The molecule has 2 saturated heterocycles. The molecule has 152 valence electrons. The van der Waals surface area contributed by atoms with Gasteiger partial charge in [0.1, 0.15) is 31.2 Å². The van der Waals surface area contributed by atoms with Crippen molar-refractivity contribution in [2.75, 3.05) is 34.7 Å². The van der Waals surface area contributed by atoms with Crippen molar-refractivity contribution in [3.05, 3.63) is 35.9 Å². The molecule has 0 spiro atoms. The van der Waals surface area contributed by atoms with E-state index in [1.54, 1.807) is 0 Å². The number of rotatable bonds is 8. The van der Waals surface area contributed by atoms with E-state index in [1.807, 2.05) is 30.3 Å². The standard InChI is InChI=1S/C17H25O9P/c1-19-10-23-15-14(26-27(18)21-3)13-12(24-17(15)20-2)9-22-16(25-13)11-7-5-4-6-8-11/h4-8,12-18H,9-10H2,1-3H3/t12-,13+,14+,15-,16?,17-,27?/m1/s1. The summed E-state index contributed by atoms with van der Waals surface area (Å²) in [7, 11) is 2.25.